The molecule has 0 aliphatic carbocycles. The van der Waals surface area contributed by atoms with Gasteiger partial charge in [-0.25, -0.2) is 9.97 Å². The number of nitrogens with zero attached hydrogens (tertiary/aromatic N) is 3. The zero-order valence-corrected chi connectivity index (χ0v) is 16.2. The zero-order valence-electron chi connectivity index (χ0n) is 16.2. The lowest BCUT2D eigenvalue weighted by molar-refractivity contribution is 0.0949. The highest BCUT2D eigenvalue weighted by molar-refractivity contribution is 5.95. The first kappa shape index (κ1) is 19.7. The minimum atomic E-state index is -0.272. The third-order valence-electron chi connectivity index (χ3n) is 4.35. The van der Waals surface area contributed by atoms with Crippen LogP contribution in [0.3, 0.4) is 0 Å². The standard InChI is InChI=1S/C19H24N4O5/c1-25-15-10-13(11-16(26-2)17(15)27-3)18(24)21-12-14-4-5-20-19(22-14)23-6-8-28-9-7-23/h4-5,10-11H,6-9,12H2,1-3H3,(H,21,24). The number of amides is 1. The number of carbonyl (C=O) groups is 1. The smallest absolute Gasteiger partial charge is 0.251 e. The van der Waals surface area contributed by atoms with E-state index in [1.165, 1.54) is 21.3 Å². The number of anilines is 1. The molecule has 1 amide bonds. The van der Waals surface area contributed by atoms with Gasteiger partial charge >= 0.3 is 0 Å². The van der Waals surface area contributed by atoms with E-state index in [9.17, 15) is 4.79 Å². The lowest BCUT2D eigenvalue weighted by Crippen LogP contribution is -2.37. The SMILES string of the molecule is COc1cc(C(=O)NCc2ccnc(N3CCOCC3)n2)cc(OC)c1OC. The van der Waals surface area contributed by atoms with Crippen LogP contribution in [0.1, 0.15) is 16.1 Å². The van der Waals surface area contributed by atoms with Gasteiger partial charge in [0.1, 0.15) is 0 Å². The number of morpholine rings is 1. The summed E-state index contributed by atoms with van der Waals surface area (Å²) in [7, 11) is 4.53. The van der Waals surface area contributed by atoms with E-state index in [0.717, 1.165) is 18.8 Å². The van der Waals surface area contributed by atoms with Gasteiger partial charge in [-0.3, -0.25) is 4.79 Å². The normalized spacial score (nSPS) is 13.8. The summed E-state index contributed by atoms with van der Waals surface area (Å²) < 4.78 is 21.2. The van der Waals surface area contributed by atoms with Crippen molar-refractivity contribution < 1.29 is 23.7 Å². The summed E-state index contributed by atoms with van der Waals surface area (Å²) in [5, 5.41) is 2.86. The lowest BCUT2D eigenvalue weighted by Gasteiger charge is -2.26. The topological polar surface area (TPSA) is 95.0 Å². The van der Waals surface area contributed by atoms with Crippen molar-refractivity contribution in [3.8, 4) is 17.2 Å². The summed E-state index contributed by atoms with van der Waals surface area (Å²) in [5.74, 6) is 1.65. The van der Waals surface area contributed by atoms with E-state index in [-0.39, 0.29) is 12.5 Å². The van der Waals surface area contributed by atoms with Gasteiger partial charge in [0.2, 0.25) is 11.7 Å². The van der Waals surface area contributed by atoms with Crippen LogP contribution < -0.4 is 24.4 Å². The van der Waals surface area contributed by atoms with Crippen molar-refractivity contribution in [1.82, 2.24) is 15.3 Å². The number of aromatic nitrogens is 2. The van der Waals surface area contributed by atoms with E-state index in [0.29, 0.717) is 42.0 Å². The van der Waals surface area contributed by atoms with E-state index in [1.807, 2.05) is 0 Å². The van der Waals surface area contributed by atoms with Gasteiger partial charge in [-0.15, -0.1) is 0 Å². The number of hydrogen-bond acceptors (Lipinski definition) is 8. The molecule has 0 bridgehead atoms. The van der Waals surface area contributed by atoms with Crippen LogP contribution in [0, 0.1) is 0 Å². The molecule has 150 valence electrons. The Morgan fingerprint density at radius 2 is 1.82 bits per heavy atom. The highest BCUT2D eigenvalue weighted by Crippen LogP contribution is 2.38. The van der Waals surface area contributed by atoms with E-state index in [1.54, 1.807) is 24.4 Å². The van der Waals surface area contributed by atoms with Crippen molar-refractivity contribution in [2.24, 2.45) is 0 Å². The molecule has 0 radical (unpaired) electrons. The molecule has 2 aromatic rings. The molecular weight excluding hydrogens is 364 g/mol. The fourth-order valence-electron chi connectivity index (χ4n) is 2.88. The molecule has 0 saturated carbocycles. The first-order chi connectivity index (χ1) is 13.7. The molecule has 1 aliphatic heterocycles. The number of benzene rings is 1. The monoisotopic (exact) mass is 388 g/mol. The van der Waals surface area contributed by atoms with Gasteiger partial charge in [-0.05, 0) is 18.2 Å². The van der Waals surface area contributed by atoms with Crippen molar-refractivity contribution in [1.29, 1.82) is 0 Å². The fourth-order valence-corrected chi connectivity index (χ4v) is 2.88. The molecule has 28 heavy (non-hydrogen) atoms. The maximum atomic E-state index is 12.6. The Hall–Kier alpha value is -3.07. The number of rotatable bonds is 7. The van der Waals surface area contributed by atoms with E-state index < -0.39 is 0 Å². The van der Waals surface area contributed by atoms with Gasteiger partial charge in [-0.1, -0.05) is 0 Å². The second-order valence-corrected chi connectivity index (χ2v) is 6.04. The maximum absolute atomic E-state index is 12.6. The molecule has 0 unspecified atom stereocenters. The molecule has 2 heterocycles. The van der Waals surface area contributed by atoms with E-state index in [2.05, 4.69) is 20.2 Å². The van der Waals surface area contributed by atoms with Crippen molar-refractivity contribution in [3.63, 3.8) is 0 Å². The Morgan fingerprint density at radius 3 is 2.43 bits per heavy atom. The molecule has 0 atom stereocenters. The third-order valence-corrected chi connectivity index (χ3v) is 4.35. The molecule has 1 N–H and O–H groups in total. The summed E-state index contributed by atoms with van der Waals surface area (Å²) in [4.78, 5) is 23.5. The van der Waals surface area contributed by atoms with Crippen LogP contribution in [0.25, 0.3) is 0 Å². The van der Waals surface area contributed by atoms with Gasteiger partial charge in [0.05, 0.1) is 46.8 Å². The van der Waals surface area contributed by atoms with E-state index >= 15 is 0 Å². The van der Waals surface area contributed by atoms with Crippen molar-refractivity contribution >= 4 is 11.9 Å². The Labute approximate surface area is 163 Å². The minimum absolute atomic E-state index is 0.272. The van der Waals surface area contributed by atoms with Crippen LogP contribution in [0.2, 0.25) is 0 Å². The molecule has 1 saturated heterocycles. The molecular formula is C19H24N4O5. The molecule has 1 aromatic carbocycles. The molecule has 3 rings (SSSR count). The Balaban J connectivity index is 1.70. The Bertz CT molecular complexity index is 799. The average molecular weight is 388 g/mol. The van der Waals surface area contributed by atoms with Crippen molar-refractivity contribution in [2.45, 2.75) is 6.54 Å². The minimum Gasteiger partial charge on any atom is -0.493 e. The van der Waals surface area contributed by atoms with Crippen molar-refractivity contribution in [2.75, 3.05) is 52.5 Å². The predicted octanol–water partition coefficient (Wildman–Crippen LogP) is 1.27. The summed E-state index contributed by atoms with van der Waals surface area (Å²) >= 11 is 0. The van der Waals surface area contributed by atoms with Crippen LogP contribution in [0.5, 0.6) is 17.2 Å². The Kier molecular flexibility index (Phi) is 6.49. The zero-order chi connectivity index (χ0) is 19.9. The molecule has 1 aliphatic rings. The summed E-state index contributed by atoms with van der Waals surface area (Å²) in [6.07, 6.45) is 1.69. The second kappa shape index (κ2) is 9.23. The van der Waals surface area contributed by atoms with Crippen LogP contribution in [-0.2, 0) is 11.3 Å². The van der Waals surface area contributed by atoms with Gasteiger partial charge < -0.3 is 29.2 Å². The van der Waals surface area contributed by atoms with Gasteiger partial charge in [0.15, 0.2) is 11.5 Å². The molecule has 9 nitrogen and oxygen atoms in total. The largest absolute Gasteiger partial charge is 0.493 e. The van der Waals surface area contributed by atoms with Crippen LogP contribution in [0.15, 0.2) is 24.4 Å². The number of ether oxygens (including phenoxy) is 4. The fraction of sp³-hybridized carbons (Fsp3) is 0.421. The number of carbonyl (C=O) groups excluding carboxylic acids is 1. The summed E-state index contributed by atoms with van der Waals surface area (Å²) in [6.45, 7) is 3.09. The average Bonchev–Trinajstić information content (AvgIpc) is 2.77. The number of nitrogens with one attached hydrogen (secondary N) is 1. The predicted molar refractivity (Wildman–Crippen MR) is 102 cm³/mol. The van der Waals surface area contributed by atoms with E-state index in [4.69, 9.17) is 18.9 Å². The van der Waals surface area contributed by atoms with Crippen LogP contribution in [-0.4, -0.2) is 63.5 Å². The first-order valence-electron chi connectivity index (χ1n) is 8.89. The Morgan fingerprint density at radius 1 is 1.14 bits per heavy atom. The second-order valence-electron chi connectivity index (χ2n) is 6.04. The molecule has 9 heteroatoms. The maximum Gasteiger partial charge on any atom is 0.251 e. The van der Waals surface area contributed by atoms with Gasteiger partial charge in [0.25, 0.3) is 5.91 Å². The molecule has 0 spiro atoms. The third kappa shape index (κ3) is 4.42. The number of methoxy groups -OCH3 is 3. The van der Waals surface area contributed by atoms with Gasteiger partial charge in [0, 0.05) is 24.8 Å². The first-order valence-corrected chi connectivity index (χ1v) is 8.89. The summed E-state index contributed by atoms with van der Waals surface area (Å²) in [5.41, 5.74) is 1.12. The highest BCUT2D eigenvalue weighted by atomic mass is 16.5. The highest BCUT2D eigenvalue weighted by Gasteiger charge is 2.18. The quantitative estimate of drug-likeness (QED) is 0.758. The molecule has 1 fully saturated rings. The molecule has 1 aromatic heterocycles. The summed E-state index contributed by atoms with van der Waals surface area (Å²) in [6, 6.07) is 4.99. The van der Waals surface area contributed by atoms with Gasteiger partial charge in [-0.2, -0.15) is 0 Å². The van der Waals surface area contributed by atoms with Crippen LogP contribution in [0.4, 0.5) is 5.95 Å². The van der Waals surface area contributed by atoms with Crippen molar-refractivity contribution in [3.05, 3.63) is 35.7 Å². The van der Waals surface area contributed by atoms with Crippen LogP contribution >= 0.6 is 0 Å². The lowest BCUT2D eigenvalue weighted by atomic mass is 10.1. The number of hydrogen-bond donors (Lipinski definition) is 1.